The Labute approximate surface area is 112 Å². The summed E-state index contributed by atoms with van der Waals surface area (Å²) in [5.74, 6) is 0. The normalized spacial score (nSPS) is 11.2. The summed E-state index contributed by atoms with van der Waals surface area (Å²) in [6, 6.07) is 1.88. The summed E-state index contributed by atoms with van der Waals surface area (Å²) in [5.41, 5.74) is 3.12. The number of hydrogen-bond donors (Lipinski definition) is 1. The van der Waals surface area contributed by atoms with Gasteiger partial charge >= 0.3 is 0 Å². The molecule has 0 aliphatic carbocycles. The summed E-state index contributed by atoms with van der Waals surface area (Å²) < 4.78 is 11.0. The highest BCUT2D eigenvalue weighted by atomic mass is 16.7. The Kier molecular flexibility index (Phi) is 4.59. The molecule has 0 saturated heterocycles. The molecule has 0 bridgehead atoms. The lowest BCUT2D eigenvalue weighted by Gasteiger charge is -2.14. The Morgan fingerprint density at radius 3 is 2.47 bits per heavy atom. The highest BCUT2D eigenvalue weighted by molar-refractivity contribution is 5.56. The number of nitrogens with one attached hydrogen (secondary N) is 1. The molecule has 6 nitrogen and oxygen atoms in total. The molecule has 6 heteroatoms. The molecular weight excluding hydrogens is 244 g/mol. The van der Waals surface area contributed by atoms with Gasteiger partial charge in [-0.2, -0.15) is 5.10 Å². The van der Waals surface area contributed by atoms with E-state index >= 15 is 0 Å². The molecule has 2 aromatic rings. The molecule has 0 aliphatic rings. The maximum absolute atomic E-state index is 5.52. The fourth-order valence-electron chi connectivity index (χ4n) is 1.77. The van der Waals surface area contributed by atoms with Crippen molar-refractivity contribution in [2.75, 3.05) is 13.2 Å². The van der Waals surface area contributed by atoms with Gasteiger partial charge in [-0.25, -0.2) is 0 Å². The largest absolute Gasteiger partial charge is 0.347 e. The zero-order valence-electron chi connectivity index (χ0n) is 11.4. The van der Waals surface area contributed by atoms with E-state index in [9.17, 15) is 0 Å². The first kappa shape index (κ1) is 13.6. The van der Waals surface area contributed by atoms with Crippen molar-refractivity contribution in [2.24, 2.45) is 0 Å². The van der Waals surface area contributed by atoms with Gasteiger partial charge in [0.1, 0.15) is 11.4 Å². The Morgan fingerprint density at radius 2 is 1.84 bits per heavy atom. The van der Waals surface area contributed by atoms with Gasteiger partial charge in [-0.15, -0.1) is 0 Å². The molecule has 2 aromatic heterocycles. The van der Waals surface area contributed by atoms with Crippen molar-refractivity contribution in [2.45, 2.75) is 27.1 Å². The van der Waals surface area contributed by atoms with Crippen LogP contribution in [0.4, 0.5) is 0 Å². The molecule has 102 valence electrons. The molecule has 0 aliphatic heterocycles. The summed E-state index contributed by atoms with van der Waals surface area (Å²) in [5, 5.41) is 7.18. The SMILES string of the molecule is CCOC(OCC)c1cc(-c2nccnc2C)n[nH]1. The quantitative estimate of drug-likeness (QED) is 0.808. The van der Waals surface area contributed by atoms with Crippen LogP contribution < -0.4 is 0 Å². The summed E-state index contributed by atoms with van der Waals surface area (Å²) in [6.45, 7) is 6.90. The molecule has 19 heavy (non-hydrogen) atoms. The van der Waals surface area contributed by atoms with E-state index in [0.29, 0.717) is 13.2 Å². The standard InChI is InChI=1S/C13H18N4O2/c1-4-18-13(19-5-2)11-8-10(16-17-11)12-9(3)14-6-7-15-12/h6-8,13H,4-5H2,1-3H3,(H,16,17). The second-order valence-corrected chi connectivity index (χ2v) is 3.94. The van der Waals surface area contributed by atoms with E-state index in [1.54, 1.807) is 12.4 Å². The minimum absolute atomic E-state index is 0.423. The molecule has 0 fully saturated rings. The third-order valence-corrected chi connectivity index (χ3v) is 2.61. The average Bonchev–Trinajstić information content (AvgIpc) is 2.88. The fraction of sp³-hybridized carbons (Fsp3) is 0.462. The Balaban J connectivity index is 2.25. The monoisotopic (exact) mass is 262 g/mol. The second-order valence-electron chi connectivity index (χ2n) is 3.94. The lowest BCUT2D eigenvalue weighted by atomic mass is 10.2. The van der Waals surface area contributed by atoms with Gasteiger partial charge in [0.15, 0.2) is 6.29 Å². The van der Waals surface area contributed by atoms with Crippen LogP contribution in [0.5, 0.6) is 0 Å². The smallest absolute Gasteiger partial charge is 0.200 e. The van der Waals surface area contributed by atoms with E-state index < -0.39 is 6.29 Å². The zero-order chi connectivity index (χ0) is 13.7. The number of aromatic nitrogens is 4. The molecule has 0 spiro atoms. The van der Waals surface area contributed by atoms with E-state index in [1.165, 1.54) is 0 Å². The van der Waals surface area contributed by atoms with Crippen LogP contribution in [-0.2, 0) is 9.47 Å². The van der Waals surface area contributed by atoms with E-state index in [2.05, 4.69) is 20.2 Å². The molecule has 0 atom stereocenters. The van der Waals surface area contributed by atoms with E-state index in [4.69, 9.17) is 9.47 Å². The third kappa shape index (κ3) is 3.15. The molecule has 1 N–H and O–H groups in total. The first-order valence-electron chi connectivity index (χ1n) is 6.32. The van der Waals surface area contributed by atoms with Crippen LogP contribution in [0.2, 0.25) is 0 Å². The molecule has 0 aromatic carbocycles. The fourth-order valence-corrected chi connectivity index (χ4v) is 1.77. The summed E-state index contributed by atoms with van der Waals surface area (Å²) in [4.78, 5) is 8.49. The highest BCUT2D eigenvalue weighted by Gasteiger charge is 2.16. The summed E-state index contributed by atoms with van der Waals surface area (Å²) in [7, 11) is 0. The molecule has 0 amide bonds. The average molecular weight is 262 g/mol. The van der Waals surface area contributed by atoms with Crippen LogP contribution >= 0.6 is 0 Å². The first-order valence-corrected chi connectivity index (χ1v) is 6.32. The third-order valence-electron chi connectivity index (χ3n) is 2.61. The van der Waals surface area contributed by atoms with Gasteiger partial charge < -0.3 is 9.47 Å². The Bertz CT molecular complexity index is 521. The minimum atomic E-state index is -0.423. The number of rotatable bonds is 6. The predicted molar refractivity (Wildman–Crippen MR) is 70.3 cm³/mol. The number of H-pyrrole nitrogens is 1. The van der Waals surface area contributed by atoms with E-state index in [1.807, 2.05) is 26.8 Å². The lowest BCUT2D eigenvalue weighted by molar-refractivity contribution is -0.142. The summed E-state index contributed by atoms with van der Waals surface area (Å²) >= 11 is 0. The molecule has 0 saturated carbocycles. The van der Waals surface area contributed by atoms with Gasteiger partial charge in [0.05, 0.1) is 11.4 Å². The molecule has 2 rings (SSSR count). The number of ether oxygens (including phenoxy) is 2. The van der Waals surface area contributed by atoms with Crippen LogP contribution in [0.3, 0.4) is 0 Å². The molecule has 2 heterocycles. The van der Waals surface area contributed by atoms with Crippen LogP contribution in [-0.4, -0.2) is 33.4 Å². The van der Waals surface area contributed by atoms with Crippen molar-refractivity contribution < 1.29 is 9.47 Å². The predicted octanol–water partition coefficient (Wildman–Crippen LogP) is 2.25. The summed E-state index contributed by atoms with van der Waals surface area (Å²) in [6.07, 6.45) is 2.89. The highest BCUT2D eigenvalue weighted by Crippen LogP contribution is 2.23. The van der Waals surface area contributed by atoms with Crippen molar-refractivity contribution in [3.8, 4) is 11.4 Å². The van der Waals surface area contributed by atoms with Crippen molar-refractivity contribution in [1.29, 1.82) is 0 Å². The maximum Gasteiger partial charge on any atom is 0.200 e. The van der Waals surface area contributed by atoms with Crippen LogP contribution in [0.1, 0.15) is 31.5 Å². The van der Waals surface area contributed by atoms with Gasteiger partial charge in [-0.1, -0.05) is 0 Å². The van der Waals surface area contributed by atoms with Crippen molar-refractivity contribution in [1.82, 2.24) is 20.2 Å². The molecule has 0 radical (unpaired) electrons. The van der Waals surface area contributed by atoms with Crippen LogP contribution in [0.15, 0.2) is 18.5 Å². The zero-order valence-corrected chi connectivity index (χ0v) is 11.4. The second kappa shape index (κ2) is 6.40. The van der Waals surface area contributed by atoms with Crippen LogP contribution in [0, 0.1) is 6.92 Å². The van der Waals surface area contributed by atoms with Gasteiger partial charge in [0.2, 0.25) is 0 Å². The van der Waals surface area contributed by atoms with Gasteiger partial charge in [-0.3, -0.25) is 15.1 Å². The Hall–Kier alpha value is -1.79. The number of nitrogens with zero attached hydrogens (tertiary/aromatic N) is 3. The van der Waals surface area contributed by atoms with Crippen LogP contribution in [0.25, 0.3) is 11.4 Å². The lowest BCUT2D eigenvalue weighted by Crippen LogP contribution is -2.09. The van der Waals surface area contributed by atoms with Crippen molar-refractivity contribution >= 4 is 0 Å². The topological polar surface area (TPSA) is 72.9 Å². The van der Waals surface area contributed by atoms with Gasteiger partial charge in [0.25, 0.3) is 0 Å². The number of hydrogen-bond acceptors (Lipinski definition) is 5. The molecular formula is C13H18N4O2. The minimum Gasteiger partial charge on any atom is -0.347 e. The van der Waals surface area contributed by atoms with E-state index in [-0.39, 0.29) is 0 Å². The Morgan fingerprint density at radius 1 is 1.16 bits per heavy atom. The molecule has 0 unspecified atom stereocenters. The first-order chi connectivity index (χ1) is 9.26. The van der Waals surface area contributed by atoms with Crippen molar-refractivity contribution in [3.63, 3.8) is 0 Å². The van der Waals surface area contributed by atoms with Crippen molar-refractivity contribution in [3.05, 3.63) is 29.8 Å². The van der Waals surface area contributed by atoms with Gasteiger partial charge in [0, 0.05) is 25.6 Å². The maximum atomic E-state index is 5.52. The van der Waals surface area contributed by atoms with Gasteiger partial charge in [-0.05, 0) is 26.8 Å². The van der Waals surface area contributed by atoms with E-state index in [0.717, 1.165) is 22.8 Å². The number of aromatic amines is 1. The number of aryl methyl sites for hydroxylation is 1.